The molecule has 1 heterocycles. The number of carbonyl (C=O) groups excluding carboxylic acids is 1. The van der Waals surface area contributed by atoms with Gasteiger partial charge in [0.2, 0.25) is 10.0 Å². The van der Waals surface area contributed by atoms with Gasteiger partial charge in [-0.05, 0) is 42.7 Å². The SMILES string of the molecule is Cc1ccc(CNC(=O)NCCc2ccc(S(N)(=O)=O)cc2)cn1. The standard InChI is InChI=1S/C16H20N4O3S/c1-12-2-3-14(10-19-12)11-20-16(21)18-9-8-13-4-6-15(7-5-13)24(17,22)23/h2-7,10H,8-9,11H2,1H3,(H2,17,22,23)(H2,18,20,21). The number of aryl methyl sites for hydroxylation is 1. The van der Waals surface area contributed by atoms with Crippen molar-refractivity contribution in [2.75, 3.05) is 6.54 Å². The highest BCUT2D eigenvalue weighted by Gasteiger charge is 2.07. The van der Waals surface area contributed by atoms with Crippen LogP contribution in [-0.2, 0) is 23.0 Å². The van der Waals surface area contributed by atoms with Gasteiger partial charge in [-0.25, -0.2) is 18.4 Å². The minimum atomic E-state index is -3.67. The van der Waals surface area contributed by atoms with Crippen LogP contribution in [0.1, 0.15) is 16.8 Å². The molecule has 2 amide bonds. The number of pyridine rings is 1. The molecule has 0 aliphatic carbocycles. The predicted molar refractivity (Wildman–Crippen MR) is 90.7 cm³/mol. The van der Waals surface area contributed by atoms with Gasteiger partial charge in [0.25, 0.3) is 0 Å². The summed E-state index contributed by atoms with van der Waals surface area (Å²) in [7, 11) is -3.67. The first kappa shape index (κ1) is 17.9. The van der Waals surface area contributed by atoms with E-state index in [4.69, 9.17) is 5.14 Å². The van der Waals surface area contributed by atoms with Crippen LogP contribution in [-0.4, -0.2) is 26.0 Å². The maximum atomic E-state index is 11.7. The molecule has 0 saturated carbocycles. The number of carbonyl (C=O) groups is 1. The number of urea groups is 1. The molecule has 1 aromatic heterocycles. The third kappa shape index (κ3) is 5.64. The van der Waals surface area contributed by atoms with Gasteiger partial charge in [-0.2, -0.15) is 0 Å². The molecule has 0 aliphatic heterocycles. The fourth-order valence-electron chi connectivity index (χ4n) is 2.01. The molecule has 8 heteroatoms. The summed E-state index contributed by atoms with van der Waals surface area (Å²) in [6.45, 7) is 2.74. The van der Waals surface area contributed by atoms with E-state index in [0.29, 0.717) is 19.5 Å². The summed E-state index contributed by atoms with van der Waals surface area (Å²) in [5, 5.41) is 10.5. The largest absolute Gasteiger partial charge is 0.338 e. The Hall–Kier alpha value is -2.45. The second kappa shape index (κ2) is 7.89. The van der Waals surface area contributed by atoms with Crippen molar-refractivity contribution in [3.05, 3.63) is 59.4 Å². The summed E-state index contributed by atoms with van der Waals surface area (Å²) < 4.78 is 22.3. The van der Waals surface area contributed by atoms with E-state index in [1.54, 1.807) is 18.3 Å². The summed E-state index contributed by atoms with van der Waals surface area (Å²) in [6.07, 6.45) is 2.31. The van der Waals surface area contributed by atoms with E-state index in [0.717, 1.165) is 16.8 Å². The van der Waals surface area contributed by atoms with Crippen LogP contribution in [0.5, 0.6) is 0 Å². The van der Waals surface area contributed by atoms with Gasteiger partial charge in [-0.15, -0.1) is 0 Å². The number of nitrogens with one attached hydrogen (secondary N) is 2. The molecular formula is C16H20N4O3S. The van der Waals surface area contributed by atoms with E-state index in [1.807, 2.05) is 19.1 Å². The minimum absolute atomic E-state index is 0.0728. The van der Waals surface area contributed by atoms with Crippen molar-refractivity contribution in [1.82, 2.24) is 15.6 Å². The van der Waals surface area contributed by atoms with E-state index in [1.165, 1.54) is 12.1 Å². The first-order valence-corrected chi connectivity index (χ1v) is 8.94. The van der Waals surface area contributed by atoms with Crippen LogP contribution in [0.4, 0.5) is 4.79 Å². The molecule has 1 aromatic carbocycles. The van der Waals surface area contributed by atoms with Gasteiger partial charge in [0, 0.05) is 25.0 Å². The minimum Gasteiger partial charge on any atom is -0.338 e. The van der Waals surface area contributed by atoms with Crippen molar-refractivity contribution < 1.29 is 13.2 Å². The number of amides is 2. The number of aromatic nitrogens is 1. The molecule has 0 aliphatic rings. The van der Waals surface area contributed by atoms with Gasteiger partial charge in [0.15, 0.2) is 0 Å². The highest BCUT2D eigenvalue weighted by Crippen LogP contribution is 2.08. The van der Waals surface area contributed by atoms with Gasteiger partial charge < -0.3 is 10.6 Å². The third-order valence-electron chi connectivity index (χ3n) is 3.38. The normalized spacial score (nSPS) is 11.1. The van der Waals surface area contributed by atoms with Crippen molar-refractivity contribution in [2.24, 2.45) is 5.14 Å². The van der Waals surface area contributed by atoms with Crippen molar-refractivity contribution in [1.29, 1.82) is 0 Å². The van der Waals surface area contributed by atoms with E-state index < -0.39 is 10.0 Å². The van der Waals surface area contributed by atoms with Crippen LogP contribution in [0.25, 0.3) is 0 Å². The number of rotatable bonds is 6. The molecule has 0 spiro atoms. The van der Waals surface area contributed by atoms with E-state index in [2.05, 4.69) is 15.6 Å². The topological polar surface area (TPSA) is 114 Å². The zero-order valence-corrected chi connectivity index (χ0v) is 14.1. The molecule has 2 rings (SSSR count). The molecule has 0 saturated heterocycles. The number of hydrogen-bond donors (Lipinski definition) is 3. The van der Waals surface area contributed by atoms with Crippen molar-refractivity contribution in [3.63, 3.8) is 0 Å². The van der Waals surface area contributed by atoms with Gasteiger partial charge in [0.1, 0.15) is 0 Å². The highest BCUT2D eigenvalue weighted by atomic mass is 32.2. The molecule has 0 radical (unpaired) electrons. The van der Waals surface area contributed by atoms with Crippen LogP contribution in [0.15, 0.2) is 47.5 Å². The van der Waals surface area contributed by atoms with Gasteiger partial charge in [-0.1, -0.05) is 18.2 Å². The van der Waals surface area contributed by atoms with Gasteiger partial charge in [-0.3, -0.25) is 4.98 Å². The fourth-order valence-corrected chi connectivity index (χ4v) is 2.53. The fraction of sp³-hybridized carbons (Fsp3) is 0.250. The molecule has 4 N–H and O–H groups in total. The van der Waals surface area contributed by atoms with Crippen LogP contribution in [0.3, 0.4) is 0 Å². The highest BCUT2D eigenvalue weighted by molar-refractivity contribution is 7.89. The predicted octanol–water partition coefficient (Wildman–Crippen LogP) is 1.08. The maximum absolute atomic E-state index is 11.7. The summed E-state index contributed by atoms with van der Waals surface area (Å²) in [5.41, 5.74) is 2.76. The van der Waals surface area contributed by atoms with Gasteiger partial charge in [0.05, 0.1) is 4.90 Å². The lowest BCUT2D eigenvalue weighted by molar-refractivity contribution is 0.240. The Labute approximate surface area is 141 Å². The monoisotopic (exact) mass is 348 g/mol. The Morgan fingerprint density at radius 3 is 2.33 bits per heavy atom. The van der Waals surface area contributed by atoms with Crippen LogP contribution < -0.4 is 15.8 Å². The number of primary sulfonamides is 1. The Morgan fingerprint density at radius 2 is 1.75 bits per heavy atom. The second-order valence-corrected chi connectivity index (χ2v) is 6.92. The molecule has 128 valence electrons. The van der Waals surface area contributed by atoms with Crippen LogP contribution >= 0.6 is 0 Å². The van der Waals surface area contributed by atoms with E-state index >= 15 is 0 Å². The zero-order chi connectivity index (χ0) is 17.6. The number of benzene rings is 1. The van der Waals surface area contributed by atoms with Crippen LogP contribution in [0, 0.1) is 6.92 Å². The number of hydrogen-bond acceptors (Lipinski definition) is 4. The molecule has 0 fully saturated rings. The first-order valence-electron chi connectivity index (χ1n) is 7.39. The van der Waals surface area contributed by atoms with Crippen LogP contribution in [0.2, 0.25) is 0 Å². The zero-order valence-electron chi connectivity index (χ0n) is 13.3. The Balaban J connectivity index is 1.73. The summed E-state index contributed by atoms with van der Waals surface area (Å²) in [5.74, 6) is 0. The average Bonchev–Trinajstić information content (AvgIpc) is 2.54. The molecule has 0 bridgehead atoms. The Bertz CT molecular complexity index is 787. The molecule has 2 aromatic rings. The molecule has 0 unspecified atom stereocenters. The average molecular weight is 348 g/mol. The smallest absolute Gasteiger partial charge is 0.315 e. The van der Waals surface area contributed by atoms with E-state index in [9.17, 15) is 13.2 Å². The molecular weight excluding hydrogens is 328 g/mol. The number of sulfonamides is 1. The number of nitrogens with two attached hydrogens (primary N) is 1. The lowest BCUT2D eigenvalue weighted by Crippen LogP contribution is -2.36. The summed E-state index contributed by atoms with van der Waals surface area (Å²) in [4.78, 5) is 16.0. The quantitative estimate of drug-likeness (QED) is 0.724. The molecule has 24 heavy (non-hydrogen) atoms. The lowest BCUT2D eigenvalue weighted by atomic mass is 10.1. The lowest BCUT2D eigenvalue weighted by Gasteiger charge is -2.08. The Morgan fingerprint density at radius 1 is 1.08 bits per heavy atom. The Kier molecular flexibility index (Phi) is 5.88. The molecule has 0 atom stereocenters. The maximum Gasteiger partial charge on any atom is 0.315 e. The second-order valence-electron chi connectivity index (χ2n) is 5.36. The van der Waals surface area contributed by atoms with Crippen molar-refractivity contribution in [2.45, 2.75) is 24.8 Å². The van der Waals surface area contributed by atoms with E-state index in [-0.39, 0.29) is 10.9 Å². The third-order valence-corrected chi connectivity index (χ3v) is 4.31. The summed E-state index contributed by atoms with van der Waals surface area (Å²) >= 11 is 0. The molecule has 7 nitrogen and oxygen atoms in total. The van der Waals surface area contributed by atoms with Gasteiger partial charge >= 0.3 is 6.03 Å². The summed E-state index contributed by atoms with van der Waals surface area (Å²) in [6, 6.07) is 9.80. The van der Waals surface area contributed by atoms with Crippen molar-refractivity contribution >= 4 is 16.1 Å². The van der Waals surface area contributed by atoms with Crippen molar-refractivity contribution in [3.8, 4) is 0 Å². The number of nitrogens with zero attached hydrogens (tertiary/aromatic N) is 1. The first-order chi connectivity index (χ1) is 11.3.